The maximum atomic E-state index is 13.6. The number of hydrogen-bond acceptors (Lipinski definition) is 10. The van der Waals surface area contributed by atoms with E-state index in [-0.39, 0.29) is 17.6 Å². The Bertz CT molecular complexity index is 1500. The van der Waals surface area contributed by atoms with Crippen molar-refractivity contribution in [3.05, 3.63) is 65.9 Å². The van der Waals surface area contributed by atoms with Crippen LogP contribution in [0.5, 0.6) is 11.5 Å². The molecule has 0 aliphatic carbocycles. The second-order valence-electron chi connectivity index (χ2n) is 8.49. The fourth-order valence-corrected chi connectivity index (χ4v) is 5.02. The molecule has 0 aliphatic heterocycles. The second kappa shape index (κ2) is 11.1. The van der Waals surface area contributed by atoms with Gasteiger partial charge in [-0.2, -0.15) is 0 Å². The molecule has 1 aromatic carbocycles. The lowest BCUT2D eigenvalue weighted by atomic mass is 10.2. The summed E-state index contributed by atoms with van der Waals surface area (Å²) in [4.78, 5) is 13.1. The molecule has 0 amide bonds. The minimum Gasteiger partial charge on any atom is -0.494 e. The Morgan fingerprint density at radius 2 is 1.55 bits per heavy atom. The van der Waals surface area contributed by atoms with Gasteiger partial charge in [-0.15, -0.1) is 10.2 Å². The van der Waals surface area contributed by atoms with Crippen LogP contribution in [0.15, 0.2) is 48.8 Å². The van der Waals surface area contributed by atoms with Crippen LogP contribution in [0.4, 0.5) is 5.95 Å². The molecular formula is C25H29N7O5S. The third-order valence-corrected chi connectivity index (χ3v) is 7.56. The first kappa shape index (κ1) is 26.9. The van der Waals surface area contributed by atoms with Gasteiger partial charge in [0.1, 0.15) is 34.2 Å². The average Bonchev–Trinajstić information content (AvgIpc) is 3.31. The summed E-state index contributed by atoms with van der Waals surface area (Å²) >= 11 is 0. The van der Waals surface area contributed by atoms with E-state index in [0.29, 0.717) is 22.9 Å². The lowest BCUT2D eigenvalue weighted by Gasteiger charge is -2.23. The number of nitrogens with one attached hydrogen (secondary N) is 1. The van der Waals surface area contributed by atoms with Crippen LogP contribution < -0.4 is 14.2 Å². The van der Waals surface area contributed by atoms with Gasteiger partial charge in [-0.1, -0.05) is 12.1 Å². The number of aryl methyl sites for hydroxylation is 2. The van der Waals surface area contributed by atoms with E-state index in [4.69, 9.17) is 14.2 Å². The van der Waals surface area contributed by atoms with Gasteiger partial charge in [-0.25, -0.2) is 23.4 Å². The van der Waals surface area contributed by atoms with Crippen molar-refractivity contribution in [2.45, 2.75) is 32.1 Å². The zero-order valence-electron chi connectivity index (χ0n) is 21.9. The number of para-hydroxylation sites is 1. The van der Waals surface area contributed by atoms with Crippen LogP contribution in [0.3, 0.4) is 0 Å². The maximum absolute atomic E-state index is 13.6. The number of pyridine rings is 1. The summed E-state index contributed by atoms with van der Waals surface area (Å²) in [6.07, 6.45) is 2.27. The van der Waals surface area contributed by atoms with Crippen molar-refractivity contribution in [2.24, 2.45) is 0 Å². The fourth-order valence-electron chi connectivity index (χ4n) is 3.89. The van der Waals surface area contributed by atoms with Gasteiger partial charge in [0.25, 0.3) is 0 Å². The van der Waals surface area contributed by atoms with Gasteiger partial charge in [-0.05, 0) is 50.6 Å². The van der Waals surface area contributed by atoms with Crippen LogP contribution in [-0.4, -0.2) is 64.7 Å². The first-order valence-corrected chi connectivity index (χ1v) is 13.2. The molecule has 4 rings (SSSR count). The smallest absolute Gasteiger partial charge is 0.243 e. The maximum Gasteiger partial charge on any atom is 0.243 e. The first-order chi connectivity index (χ1) is 18.2. The summed E-state index contributed by atoms with van der Waals surface area (Å²) < 4.78 is 48.0. The molecule has 2 atom stereocenters. The molecular weight excluding hydrogens is 510 g/mol. The van der Waals surface area contributed by atoms with Crippen LogP contribution in [-0.2, 0) is 14.8 Å². The third kappa shape index (κ3) is 5.29. The van der Waals surface area contributed by atoms with E-state index in [0.717, 1.165) is 11.3 Å². The van der Waals surface area contributed by atoms with Gasteiger partial charge in [0.05, 0.1) is 14.2 Å². The quantitative estimate of drug-likeness (QED) is 0.319. The highest BCUT2D eigenvalue weighted by molar-refractivity contribution is 7.93. The Morgan fingerprint density at radius 1 is 0.921 bits per heavy atom. The number of methoxy groups -OCH3 is 3. The SMILES string of the molecule is COc1cccc(OC)c1-n1c(NS(=O)(=O)C(C)C(OC)c2ncc(C)cn2)nnc1-c1cccc(C)n1. The van der Waals surface area contributed by atoms with Crippen molar-refractivity contribution < 1.29 is 22.6 Å². The number of hydrogen-bond donors (Lipinski definition) is 1. The van der Waals surface area contributed by atoms with Crippen molar-refractivity contribution >= 4 is 16.0 Å². The molecule has 3 aromatic heterocycles. The molecule has 13 heteroatoms. The summed E-state index contributed by atoms with van der Waals surface area (Å²) in [5.74, 6) is 1.27. The summed E-state index contributed by atoms with van der Waals surface area (Å²) in [6.45, 7) is 5.19. The van der Waals surface area contributed by atoms with Crippen molar-refractivity contribution in [2.75, 3.05) is 26.1 Å². The molecule has 0 saturated carbocycles. The molecule has 0 spiro atoms. The summed E-state index contributed by atoms with van der Waals surface area (Å²) in [6, 6.07) is 10.6. The van der Waals surface area contributed by atoms with Gasteiger partial charge < -0.3 is 14.2 Å². The molecule has 0 bridgehead atoms. The number of rotatable bonds is 10. The van der Waals surface area contributed by atoms with E-state index in [1.54, 1.807) is 36.7 Å². The lowest BCUT2D eigenvalue weighted by Crippen LogP contribution is -2.33. The monoisotopic (exact) mass is 539 g/mol. The van der Waals surface area contributed by atoms with Crippen LogP contribution in [0.1, 0.15) is 30.1 Å². The number of ether oxygens (including phenoxy) is 3. The van der Waals surface area contributed by atoms with Crippen molar-refractivity contribution in [3.63, 3.8) is 0 Å². The van der Waals surface area contributed by atoms with Gasteiger partial charge in [0.2, 0.25) is 16.0 Å². The van der Waals surface area contributed by atoms with Crippen LogP contribution in [0.25, 0.3) is 17.2 Å². The molecule has 0 fully saturated rings. The number of benzene rings is 1. The number of anilines is 1. The number of sulfonamides is 1. The Hall–Kier alpha value is -4.10. The van der Waals surface area contributed by atoms with Gasteiger partial charge in [0, 0.05) is 25.2 Å². The summed E-state index contributed by atoms with van der Waals surface area (Å²) in [5.41, 5.74) is 2.47. The fraction of sp³-hybridized carbons (Fsp3) is 0.320. The van der Waals surface area contributed by atoms with E-state index in [1.807, 2.05) is 26.0 Å². The molecule has 2 unspecified atom stereocenters. The van der Waals surface area contributed by atoms with Crippen LogP contribution >= 0.6 is 0 Å². The Balaban J connectivity index is 1.84. The largest absolute Gasteiger partial charge is 0.494 e. The van der Waals surface area contributed by atoms with Crippen LogP contribution in [0, 0.1) is 13.8 Å². The molecule has 0 radical (unpaired) electrons. The number of nitrogens with zero attached hydrogens (tertiary/aromatic N) is 6. The molecule has 12 nitrogen and oxygen atoms in total. The third-order valence-electron chi connectivity index (χ3n) is 5.86. The number of aromatic nitrogens is 6. The average molecular weight is 540 g/mol. The molecule has 38 heavy (non-hydrogen) atoms. The summed E-state index contributed by atoms with van der Waals surface area (Å²) in [7, 11) is 0.304. The van der Waals surface area contributed by atoms with E-state index < -0.39 is 21.4 Å². The predicted molar refractivity (Wildman–Crippen MR) is 141 cm³/mol. The molecule has 4 aromatic rings. The van der Waals surface area contributed by atoms with Gasteiger partial charge >= 0.3 is 0 Å². The zero-order chi connectivity index (χ0) is 27.4. The topological polar surface area (TPSA) is 143 Å². The van der Waals surface area contributed by atoms with Crippen molar-refractivity contribution in [1.29, 1.82) is 0 Å². The van der Waals surface area contributed by atoms with E-state index in [9.17, 15) is 8.42 Å². The van der Waals surface area contributed by atoms with Gasteiger partial charge in [-0.3, -0.25) is 9.29 Å². The lowest BCUT2D eigenvalue weighted by molar-refractivity contribution is 0.0949. The molecule has 3 heterocycles. The Kier molecular flexibility index (Phi) is 7.88. The highest BCUT2D eigenvalue weighted by Gasteiger charge is 2.35. The Labute approximate surface area is 221 Å². The van der Waals surface area contributed by atoms with Crippen molar-refractivity contribution in [1.82, 2.24) is 29.7 Å². The highest BCUT2D eigenvalue weighted by atomic mass is 32.2. The normalized spacial score (nSPS) is 13.1. The molecule has 0 saturated heterocycles. The van der Waals surface area contributed by atoms with E-state index in [1.165, 1.54) is 32.8 Å². The van der Waals surface area contributed by atoms with Crippen LogP contribution in [0.2, 0.25) is 0 Å². The van der Waals surface area contributed by atoms with Gasteiger partial charge in [0.15, 0.2) is 11.6 Å². The molecule has 1 N–H and O–H groups in total. The molecule has 0 aliphatic rings. The van der Waals surface area contributed by atoms with Crippen molar-refractivity contribution in [3.8, 4) is 28.7 Å². The minimum absolute atomic E-state index is 0.0855. The first-order valence-electron chi connectivity index (χ1n) is 11.6. The standard InChI is InChI=1S/C25H29N7O5S/c1-15-13-26-23(27-14-15)22(37-6)17(3)38(33,34)31-25-30-29-24(18-10-7-9-16(2)28-18)32(25)21-19(35-4)11-8-12-20(21)36-5/h7-14,17,22H,1-6H3,(H,30,31). The van der Waals surface area contributed by atoms with E-state index in [2.05, 4.69) is 29.9 Å². The Morgan fingerprint density at radius 3 is 2.13 bits per heavy atom. The van der Waals surface area contributed by atoms with E-state index >= 15 is 0 Å². The summed E-state index contributed by atoms with van der Waals surface area (Å²) in [5, 5.41) is 7.38. The zero-order valence-corrected chi connectivity index (χ0v) is 22.7. The highest BCUT2D eigenvalue weighted by Crippen LogP contribution is 2.37. The second-order valence-corrected chi connectivity index (χ2v) is 10.5. The molecule has 200 valence electrons. The predicted octanol–water partition coefficient (Wildman–Crippen LogP) is 3.27. The minimum atomic E-state index is -4.11.